The van der Waals surface area contributed by atoms with Gasteiger partial charge in [0.05, 0.1) is 0 Å². The first-order valence-corrected chi connectivity index (χ1v) is 8.20. The molecule has 0 radical (unpaired) electrons. The number of nitrogens with zero attached hydrogens (tertiary/aromatic N) is 2. The Labute approximate surface area is 119 Å². The smallest absolute Gasteiger partial charge is 0.244 e. The summed E-state index contributed by atoms with van der Waals surface area (Å²) in [5, 5.41) is 0. The molecule has 4 nitrogen and oxygen atoms in total. The van der Waals surface area contributed by atoms with Crippen LogP contribution in [0.25, 0.3) is 0 Å². The van der Waals surface area contributed by atoms with Crippen molar-refractivity contribution in [3.8, 4) is 0 Å². The molecule has 0 fully saturated rings. The van der Waals surface area contributed by atoms with Crippen molar-refractivity contribution < 1.29 is 8.42 Å². The highest BCUT2D eigenvalue weighted by atomic mass is 79.9. The van der Waals surface area contributed by atoms with Gasteiger partial charge in [-0.05, 0) is 28.4 Å². The Kier molecular flexibility index (Phi) is 5.56. The van der Waals surface area contributed by atoms with Crippen molar-refractivity contribution in [2.75, 3.05) is 13.6 Å². The lowest BCUT2D eigenvalue weighted by Gasteiger charge is -2.17. The van der Waals surface area contributed by atoms with E-state index < -0.39 is 10.0 Å². The van der Waals surface area contributed by atoms with Gasteiger partial charge in [-0.2, -0.15) is 0 Å². The number of hydrogen-bond acceptors (Lipinski definition) is 3. The maximum absolute atomic E-state index is 12.1. The van der Waals surface area contributed by atoms with Crippen LogP contribution in [0.2, 0.25) is 0 Å². The summed E-state index contributed by atoms with van der Waals surface area (Å²) in [5.41, 5.74) is 0. The van der Waals surface area contributed by atoms with Gasteiger partial charge in [0, 0.05) is 35.3 Å². The minimum atomic E-state index is -3.44. The topological polar surface area (TPSA) is 50.3 Å². The number of hydrogen-bond donors (Lipinski definition) is 0. The predicted octanol–water partition coefficient (Wildman–Crippen LogP) is 2.64. The predicted molar refractivity (Wildman–Crippen MR) is 74.8 cm³/mol. The van der Waals surface area contributed by atoms with E-state index in [1.54, 1.807) is 19.3 Å². The minimum Gasteiger partial charge on any atom is -0.262 e. The molecule has 1 rings (SSSR count). The zero-order valence-electron chi connectivity index (χ0n) is 9.60. The highest BCUT2D eigenvalue weighted by Crippen LogP contribution is 2.18. The van der Waals surface area contributed by atoms with Crippen LogP contribution < -0.4 is 0 Å². The standard InChI is InChI=1S/C10H14Br2N2O2S/c1-8(11)3-4-14(2)17(15,16)10-5-9(12)6-13-7-10/h5-8H,3-4H2,1-2H3. The number of aromatic nitrogens is 1. The van der Waals surface area contributed by atoms with Crippen LogP contribution in [-0.2, 0) is 10.0 Å². The summed E-state index contributed by atoms with van der Waals surface area (Å²) in [4.78, 5) is 4.36. The highest BCUT2D eigenvalue weighted by molar-refractivity contribution is 9.10. The molecule has 7 heteroatoms. The molecule has 0 saturated carbocycles. The van der Waals surface area contributed by atoms with Crippen LogP contribution in [-0.4, -0.2) is 36.1 Å². The molecule has 0 N–H and O–H groups in total. The van der Waals surface area contributed by atoms with E-state index in [2.05, 4.69) is 36.8 Å². The van der Waals surface area contributed by atoms with E-state index in [-0.39, 0.29) is 4.90 Å². The first-order valence-electron chi connectivity index (χ1n) is 5.05. The number of rotatable bonds is 5. The fourth-order valence-corrected chi connectivity index (χ4v) is 3.09. The molecule has 1 heterocycles. The van der Waals surface area contributed by atoms with Gasteiger partial charge in [-0.3, -0.25) is 4.98 Å². The van der Waals surface area contributed by atoms with E-state index in [4.69, 9.17) is 0 Å². The van der Waals surface area contributed by atoms with Crippen LogP contribution >= 0.6 is 31.9 Å². The molecular formula is C10H14Br2N2O2S. The maximum Gasteiger partial charge on any atom is 0.244 e. The molecule has 0 spiro atoms. The van der Waals surface area contributed by atoms with Crippen molar-refractivity contribution in [2.45, 2.75) is 23.1 Å². The van der Waals surface area contributed by atoms with Crippen LogP contribution in [0.15, 0.2) is 27.8 Å². The van der Waals surface area contributed by atoms with E-state index in [0.29, 0.717) is 15.8 Å². The fraction of sp³-hybridized carbons (Fsp3) is 0.500. The Balaban J connectivity index is 2.88. The molecule has 0 saturated heterocycles. The van der Waals surface area contributed by atoms with Crippen molar-refractivity contribution >= 4 is 41.9 Å². The largest absolute Gasteiger partial charge is 0.262 e. The summed E-state index contributed by atoms with van der Waals surface area (Å²) in [6.45, 7) is 2.46. The second kappa shape index (κ2) is 6.26. The Morgan fingerprint density at radius 1 is 1.47 bits per heavy atom. The van der Waals surface area contributed by atoms with Crippen LogP contribution in [0.4, 0.5) is 0 Å². The molecule has 96 valence electrons. The third-order valence-electron chi connectivity index (χ3n) is 2.23. The molecule has 1 unspecified atom stereocenters. The van der Waals surface area contributed by atoms with Gasteiger partial charge in [-0.25, -0.2) is 12.7 Å². The maximum atomic E-state index is 12.1. The molecule has 0 amide bonds. The second-order valence-electron chi connectivity index (χ2n) is 3.73. The Morgan fingerprint density at radius 2 is 2.12 bits per heavy atom. The Morgan fingerprint density at radius 3 is 2.65 bits per heavy atom. The number of sulfonamides is 1. The summed E-state index contributed by atoms with van der Waals surface area (Å²) in [6.07, 6.45) is 3.67. The van der Waals surface area contributed by atoms with E-state index in [0.717, 1.165) is 6.42 Å². The van der Waals surface area contributed by atoms with Crippen molar-refractivity contribution in [2.24, 2.45) is 0 Å². The van der Waals surface area contributed by atoms with Crippen molar-refractivity contribution in [3.63, 3.8) is 0 Å². The van der Waals surface area contributed by atoms with Gasteiger partial charge in [0.1, 0.15) is 4.90 Å². The number of halogens is 2. The van der Waals surface area contributed by atoms with E-state index in [9.17, 15) is 8.42 Å². The molecule has 1 atom stereocenters. The van der Waals surface area contributed by atoms with Gasteiger partial charge in [0.2, 0.25) is 10.0 Å². The summed E-state index contributed by atoms with van der Waals surface area (Å²) in [5.74, 6) is 0. The molecule has 0 aliphatic carbocycles. The minimum absolute atomic E-state index is 0.205. The van der Waals surface area contributed by atoms with E-state index in [1.165, 1.54) is 10.5 Å². The van der Waals surface area contributed by atoms with Crippen molar-refractivity contribution in [3.05, 3.63) is 22.9 Å². The first-order chi connectivity index (χ1) is 7.84. The zero-order chi connectivity index (χ0) is 13.1. The molecule has 1 aromatic rings. The molecule has 0 aliphatic heterocycles. The normalized spacial score (nSPS) is 13.9. The van der Waals surface area contributed by atoms with Gasteiger partial charge < -0.3 is 0 Å². The van der Waals surface area contributed by atoms with Crippen LogP contribution in [0.5, 0.6) is 0 Å². The Hall–Kier alpha value is 0.0200. The molecule has 0 bridgehead atoms. The van der Waals surface area contributed by atoms with Gasteiger partial charge in [-0.15, -0.1) is 0 Å². The van der Waals surface area contributed by atoms with Gasteiger partial charge in [0.15, 0.2) is 0 Å². The lowest BCUT2D eigenvalue weighted by molar-refractivity contribution is 0.462. The lowest BCUT2D eigenvalue weighted by Crippen LogP contribution is -2.29. The second-order valence-corrected chi connectivity index (χ2v) is 8.26. The van der Waals surface area contributed by atoms with Gasteiger partial charge in [-0.1, -0.05) is 22.9 Å². The Bertz CT molecular complexity index is 477. The van der Waals surface area contributed by atoms with E-state index in [1.807, 2.05) is 6.92 Å². The summed E-state index contributed by atoms with van der Waals surface area (Å²) in [7, 11) is -1.86. The first kappa shape index (κ1) is 15.1. The fourth-order valence-electron chi connectivity index (χ4n) is 1.19. The molecular weight excluding hydrogens is 372 g/mol. The van der Waals surface area contributed by atoms with Crippen molar-refractivity contribution in [1.29, 1.82) is 0 Å². The third-order valence-corrected chi connectivity index (χ3v) is 4.94. The van der Waals surface area contributed by atoms with Crippen LogP contribution in [0.3, 0.4) is 0 Å². The molecule has 1 aromatic heterocycles. The quantitative estimate of drug-likeness (QED) is 0.732. The van der Waals surface area contributed by atoms with Gasteiger partial charge in [0.25, 0.3) is 0 Å². The van der Waals surface area contributed by atoms with Gasteiger partial charge >= 0.3 is 0 Å². The molecule has 17 heavy (non-hydrogen) atoms. The highest BCUT2D eigenvalue weighted by Gasteiger charge is 2.21. The molecule has 0 aliphatic rings. The average Bonchev–Trinajstić information content (AvgIpc) is 2.25. The zero-order valence-corrected chi connectivity index (χ0v) is 13.6. The summed E-state index contributed by atoms with van der Waals surface area (Å²) in [6, 6.07) is 1.55. The number of pyridine rings is 1. The van der Waals surface area contributed by atoms with E-state index >= 15 is 0 Å². The van der Waals surface area contributed by atoms with Crippen molar-refractivity contribution in [1.82, 2.24) is 9.29 Å². The monoisotopic (exact) mass is 384 g/mol. The van der Waals surface area contributed by atoms with Crippen LogP contribution in [0, 0.1) is 0 Å². The summed E-state index contributed by atoms with van der Waals surface area (Å²) >= 11 is 6.61. The SMILES string of the molecule is CC(Br)CCN(C)S(=O)(=O)c1cncc(Br)c1. The molecule has 0 aromatic carbocycles. The number of alkyl halides is 1. The summed E-state index contributed by atoms with van der Waals surface area (Å²) < 4.78 is 26.3. The average molecular weight is 386 g/mol. The lowest BCUT2D eigenvalue weighted by atomic mass is 10.3. The third kappa shape index (κ3) is 4.31. The van der Waals surface area contributed by atoms with Crippen LogP contribution in [0.1, 0.15) is 13.3 Å².